The normalized spacial score (nSPS) is 14.9. The standard InChI is InChI=1S/C14H19FN2O/c1-2-5-14(18)16-11-6-7-13(12(15)10-11)17-8-3-4-9-17/h6-7,10H,2-5,8-9H2,1H3,(H,16,18). The number of nitrogens with one attached hydrogen (secondary N) is 1. The van der Waals surface area contributed by atoms with E-state index in [9.17, 15) is 9.18 Å². The first-order valence-corrected chi connectivity index (χ1v) is 6.55. The van der Waals surface area contributed by atoms with Crippen molar-refractivity contribution in [2.45, 2.75) is 32.6 Å². The Labute approximate surface area is 107 Å². The summed E-state index contributed by atoms with van der Waals surface area (Å²) in [6, 6.07) is 4.92. The highest BCUT2D eigenvalue weighted by molar-refractivity contribution is 5.90. The van der Waals surface area contributed by atoms with Crippen LogP contribution in [0.3, 0.4) is 0 Å². The molecule has 1 N–H and O–H groups in total. The Morgan fingerprint density at radius 2 is 2.11 bits per heavy atom. The van der Waals surface area contributed by atoms with Crippen LogP contribution in [0.1, 0.15) is 32.6 Å². The van der Waals surface area contributed by atoms with Gasteiger partial charge in [0.05, 0.1) is 5.69 Å². The maximum absolute atomic E-state index is 13.9. The topological polar surface area (TPSA) is 32.3 Å². The first-order valence-electron chi connectivity index (χ1n) is 6.55. The molecule has 0 aliphatic carbocycles. The summed E-state index contributed by atoms with van der Waals surface area (Å²) < 4.78 is 13.9. The Balaban J connectivity index is 2.07. The maximum atomic E-state index is 13.9. The van der Waals surface area contributed by atoms with Crippen molar-refractivity contribution in [3.8, 4) is 0 Å². The lowest BCUT2D eigenvalue weighted by molar-refractivity contribution is -0.116. The van der Waals surface area contributed by atoms with E-state index < -0.39 is 0 Å². The van der Waals surface area contributed by atoms with E-state index in [-0.39, 0.29) is 11.7 Å². The van der Waals surface area contributed by atoms with E-state index >= 15 is 0 Å². The number of benzene rings is 1. The number of nitrogens with zero attached hydrogens (tertiary/aromatic N) is 1. The minimum atomic E-state index is -0.258. The van der Waals surface area contributed by atoms with Gasteiger partial charge in [0.15, 0.2) is 0 Å². The summed E-state index contributed by atoms with van der Waals surface area (Å²) in [5.41, 5.74) is 1.18. The van der Waals surface area contributed by atoms with Gasteiger partial charge in [0, 0.05) is 25.2 Å². The first-order chi connectivity index (χ1) is 8.70. The fourth-order valence-electron chi connectivity index (χ4n) is 2.25. The monoisotopic (exact) mass is 250 g/mol. The molecule has 0 radical (unpaired) electrons. The van der Waals surface area contributed by atoms with Crippen molar-refractivity contribution in [3.05, 3.63) is 24.0 Å². The number of hydrogen-bond donors (Lipinski definition) is 1. The van der Waals surface area contributed by atoms with Crippen LogP contribution in [-0.2, 0) is 4.79 Å². The highest BCUT2D eigenvalue weighted by Gasteiger charge is 2.16. The van der Waals surface area contributed by atoms with E-state index in [2.05, 4.69) is 5.32 Å². The zero-order chi connectivity index (χ0) is 13.0. The zero-order valence-corrected chi connectivity index (χ0v) is 10.7. The third-order valence-corrected chi connectivity index (χ3v) is 3.16. The van der Waals surface area contributed by atoms with Crippen LogP contribution < -0.4 is 10.2 Å². The Hall–Kier alpha value is -1.58. The first kappa shape index (κ1) is 12.9. The molecule has 0 atom stereocenters. The van der Waals surface area contributed by atoms with Crippen molar-refractivity contribution < 1.29 is 9.18 Å². The van der Waals surface area contributed by atoms with Gasteiger partial charge in [-0.1, -0.05) is 6.92 Å². The minimum Gasteiger partial charge on any atom is -0.369 e. The van der Waals surface area contributed by atoms with Crippen LogP contribution in [0.4, 0.5) is 15.8 Å². The van der Waals surface area contributed by atoms with E-state index in [0.717, 1.165) is 32.4 Å². The van der Waals surface area contributed by atoms with Gasteiger partial charge in [-0.2, -0.15) is 0 Å². The van der Waals surface area contributed by atoms with Crippen molar-refractivity contribution in [2.24, 2.45) is 0 Å². The molecule has 3 nitrogen and oxygen atoms in total. The van der Waals surface area contributed by atoms with Gasteiger partial charge in [-0.05, 0) is 37.5 Å². The predicted octanol–water partition coefficient (Wildman–Crippen LogP) is 3.16. The van der Waals surface area contributed by atoms with Gasteiger partial charge in [0.2, 0.25) is 5.91 Å². The van der Waals surface area contributed by atoms with Crippen molar-refractivity contribution in [2.75, 3.05) is 23.3 Å². The highest BCUT2D eigenvalue weighted by atomic mass is 19.1. The maximum Gasteiger partial charge on any atom is 0.224 e. The SMILES string of the molecule is CCCC(=O)Nc1ccc(N2CCCC2)c(F)c1. The average molecular weight is 250 g/mol. The van der Waals surface area contributed by atoms with Crippen LogP contribution in [0.5, 0.6) is 0 Å². The smallest absolute Gasteiger partial charge is 0.224 e. The Bertz CT molecular complexity index is 428. The van der Waals surface area contributed by atoms with Gasteiger partial charge >= 0.3 is 0 Å². The summed E-state index contributed by atoms with van der Waals surface area (Å²) in [7, 11) is 0. The molecule has 1 aromatic carbocycles. The van der Waals surface area contributed by atoms with Crippen LogP contribution in [0, 0.1) is 5.82 Å². The van der Waals surface area contributed by atoms with Crippen LogP contribution in [-0.4, -0.2) is 19.0 Å². The Kier molecular flexibility index (Phi) is 4.18. The molecule has 4 heteroatoms. The molecule has 0 bridgehead atoms. The van der Waals surface area contributed by atoms with Gasteiger partial charge in [0.25, 0.3) is 0 Å². The second-order valence-corrected chi connectivity index (χ2v) is 4.66. The molecular weight excluding hydrogens is 231 g/mol. The summed E-state index contributed by atoms with van der Waals surface area (Å²) in [6.45, 7) is 3.77. The lowest BCUT2D eigenvalue weighted by Crippen LogP contribution is -2.19. The van der Waals surface area contributed by atoms with Crippen LogP contribution in [0.25, 0.3) is 0 Å². The minimum absolute atomic E-state index is 0.0641. The largest absolute Gasteiger partial charge is 0.369 e. The summed E-state index contributed by atoms with van der Waals surface area (Å²) in [5, 5.41) is 2.70. The number of carbonyl (C=O) groups excluding carboxylic acids is 1. The van der Waals surface area contributed by atoms with Gasteiger partial charge in [0.1, 0.15) is 5.82 Å². The number of rotatable bonds is 4. The van der Waals surface area contributed by atoms with Gasteiger partial charge < -0.3 is 10.2 Å². The number of anilines is 2. The third kappa shape index (κ3) is 3.00. The Morgan fingerprint density at radius 1 is 1.39 bits per heavy atom. The summed E-state index contributed by atoms with van der Waals surface area (Å²) >= 11 is 0. The molecule has 1 saturated heterocycles. The lowest BCUT2D eigenvalue weighted by Gasteiger charge is -2.18. The lowest BCUT2D eigenvalue weighted by atomic mass is 10.2. The number of amides is 1. The van der Waals surface area contributed by atoms with E-state index in [0.29, 0.717) is 17.8 Å². The van der Waals surface area contributed by atoms with Crippen LogP contribution in [0.15, 0.2) is 18.2 Å². The summed E-state index contributed by atoms with van der Waals surface area (Å²) in [5.74, 6) is -0.322. The number of hydrogen-bond acceptors (Lipinski definition) is 2. The molecule has 1 amide bonds. The molecule has 1 aromatic rings. The molecule has 2 rings (SSSR count). The fourth-order valence-corrected chi connectivity index (χ4v) is 2.25. The highest BCUT2D eigenvalue weighted by Crippen LogP contribution is 2.26. The van der Waals surface area contributed by atoms with Gasteiger partial charge in [-0.15, -0.1) is 0 Å². The van der Waals surface area contributed by atoms with Gasteiger partial charge in [-0.3, -0.25) is 4.79 Å². The number of carbonyl (C=O) groups is 1. The molecule has 1 aliphatic heterocycles. The van der Waals surface area contributed by atoms with E-state index in [1.54, 1.807) is 12.1 Å². The molecule has 1 heterocycles. The van der Waals surface area contributed by atoms with Crippen molar-refractivity contribution in [3.63, 3.8) is 0 Å². The van der Waals surface area contributed by atoms with E-state index in [1.165, 1.54) is 6.07 Å². The van der Waals surface area contributed by atoms with Gasteiger partial charge in [-0.25, -0.2) is 4.39 Å². The second-order valence-electron chi connectivity index (χ2n) is 4.66. The molecule has 1 aliphatic rings. The van der Waals surface area contributed by atoms with Crippen molar-refractivity contribution >= 4 is 17.3 Å². The molecule has 0 spiro atoms. The van der Waals surface area contributed by atoms with Crippen molar-refractivity contribution in [1.29, 1.82) is 0 Å². The molecule has 0 unspecified atom stereocenters. The predicted molar refractivity (Wildman–Crippen MR) is 71.4 cm³/mol. The molecule has 18 heavy (non-hydrogen) atoms. The van der Waals surface area contributed by atoms with Crippen LogP contribution >= 0.6 is 0 Å². The average Bonchev–Trinajstić information content (AvgIpc) is 2.82. The summed E-state index contributed by atoms with van der Waals surface area (Å²) in [6.07, 6.45) is 3.50. The molecule has 98 valence electrons. The zero-order valence-electron chi connectivity index (χ0n) is 10.7. The molecule has 1 fully saturated rings. The number of halogens is 1. The summed E-state index contributed by atoms with van der Waals surface area (Å²) in [4.78, 5) is 13.5. The Morgan fingerprint density at radius 3 is 2.72 bits per heavy atom. The van der Waals surface area contributed by atoms with Crippen molar-refractivity contribution in [1.82, 2.24) is 0 Å². The fraction of sp³-hybridized carbons (Fsp3) is 0.500. The van der Waals surface area contributed by atoms with Crippen LogP contribution in [0.2, 0.25) is 0 Å². The molecular formula is C14H19FN2O. The van der Waals surface area contributed by atoms with E-state index in [1.807, 2.05) is 11.8 Å². The van der Waals surface area contributed by atoms with E-state index in [4.69, 9.17) is 0 Å². The molecule has 0 saturated carbocycles. The second kappa shape index (κ2) is 5.85. The third-order valence-electron chi connectivity index (χ3n) is 3.16. The quantitative estimate of drug-likeness (QED) is 0.890. The molecule has 0 aromatic heterocycles.